The normalized spacial score (nSPS) is 11.5. The number of sulfonamides is 1. The van der Waals surface area contributed by atoms with E-state index in [1.807, 2.05) is 0 Å². The van der Waals surface area contributed by atoms with Gasteiger partial charge >= 0.3 is 0 Å². The molecule has 0 fully saturated rings. The third-order valence-corrected chi connectivity index (χ3v) is 4.03. The number of hydrogen-bond donors (Lipinski definition) is 2. The van der Waals surface area contributed by atoms with Gasteiger partial charge in [0.05, 0.1) is 33.8 Å². The van der Waals surface area contributed by atoms with Gasteiger partial charge in [-0.05, 0) is 18.6 Å². The second-order valence-electron chi connectivity index (χ2n) is 3.29. The quantitative estimate of drug-likeness (QED) is 0.821. The maximum absolute atomic E-state index is 11.9. The van der Waals surface area contributed by atoms with Gasteiger partial charge in [-0.2, -0.15) is 0 Å². The Kier molecular flexibility index (Phi) is 4.85. The summed E-state index contributed by atoms with van der Waals surface area (Å²) in [6, 6.07) is 2.82. The Morgan fingerprint density at radius 2 is 2.00 bits per heavy atom. The molecule has 0 aliphatic rings. The van der Waals surface area contributed by atoms with Gasteiger partial charge in [0.2, 0.25) is 10.0 Å². The monoisotopic (exact) mass is 300 g/mol. The van der Waals surface area contributed by atoms with Crippen molar-refractivity contribution in [3.8, 4) is 0 Å². The van der Waals surface area contributed by atoms with E-state index in [1.165, 1.54) is 12.1 Å². The van der Waals surface area contributed by atoms with E-state index < -0.39 is 16.7 Å². The summed E-state index contributed by atoms with van der Waals surface area (Å²) in [5.41, 5.74) is 5.77. The molecule has 1 aromatic rings. The molecule has 0 aliphatic carbocycles. The summed E-state index contributed by atoms with van der Waals surface area (Å²) in [7, 11) is -3.62. The average molecular weight is 301 g/mol. The van der Waals surface area contributed by atoms with Crippen LogP contribution >= 0.6 is 23.2 Å². The number of benzene rings is 1. The molecule has 0 radical (unpaired) electrons. The van der Waals surface area contributed by atoms with Gasteiger partial charge in [-0.15, -0.1) is 0 Å². The van der Waals surface area contributed by atoms with E-state index in [4.69, 9.17) is 28.9 Å². The SMILES string of the molecule is Nc1c(Cl)ccc(NS(=O)(=O)CCCF)c1Cl. The Morgan fingerprint density at radius 1 is 1.35 bits per heavy atom. The molecule has 0 unspecified atom stereocenters. The zero-order valence-corrected chi connectivity index (χ0v) is 11.0. The highest BCUT2D eigenvalue weighted by Crippen LogP contribution is 2.34. The second-order valence-corrected chi connectivity index (χ2v) is 5.91. The molecule has 0 atom stereocenters. The highest BCUT2D eigenvalue weighted by molar-refractivity contribution is 7.92. The molecule has 96 valence electrons. The first-order valence-corrected chi connectivity index (χ1v) is 7.08. The Hall–Kier alpha value is -0.720. The number of hydrogen-bond acceptors (Lipinski definition) is 3. The first-order chi connectivity index (χ1) is 7.87. The third-order valence-electron chi connectivity index (χ3n) is 1.94. The molecule has 0 heterocycles. The number of nitrogen functional groups attached to an aromatic ring is 1. The predicted octanol–water partition coefficient (Wildman–Crippen LogP) is 2.68. The number of alkyl halides is 1. The van der Waals surface area contributed by atoms with Crippen molar-refractivity contribution in [3.63, 3.8) is 0 Å². The summed E-state index contributed by atoms with van der Waals surface area (Å²) in [6.45, 7) is -0.697. The van der Waals surface area contributed by atoms with Gasteiger partial charge in [0.1, 0.15) is 0 Å². The van der Waals surface area contributed by atoms with Crippen molar-refractivity contribution >= 4 is 44.6 Å². The van der Waals surface area contributed by atoms with Crippen LogP contribution in [0.2, 0.25) is 10.0 Å². The molecule has 1 rings (SSSR count). The molecule has 0 bridgehead atoms. The molecular weight excluding hydrogens is 290 g/mol. The minimum absolute atomic E-state index is 0.0290. The lowest BCUT2D eigenvalue weighted by atomic mass is 10.3. The maximum atomic E-state index is 11.9. The van der Waals surface area contributed by atoms with Crippen LogP contribution in [0.25, 0.3) is 0 Å². The Balaban J connectivity index is 2.93. The van der Waals surface area contributed by atoms with Crippen LogP contribution in [0.4, 0.5) is 15.8 Å². The summed E-state index contributed by atoms with van der Waals surface area (Å²) < 4.78 is 37.1. The van der Waals surface area contributed by atoms with Crippen molar-refractivity contribution < 1.29 is 12.8 Å². The van der Waals surface area contributed by atoms with Crippen molar-refractivity contribution in [3.05, 3.63) is 22.2 Å². The predicted molar refractivity (Wildman–Crippen MR) is 68.9 cm³/mol. The maximum Gasteiger partial charge on any atom is 0.232 e. The number of nitrogens with two attached hydrogens (primary N) is 1. The number of nitrogens with one attached hydrogen (secondary N) is 1. The minimum atomic E-state index is -3.62. The second kappa shape index (κ2) is 5.75. The van der Waals surface area contributed by atoms with Gasteiger partial charge < -0.3 is 5.73 Å². The molecule has 3 N–H and O–H groups in total. The molecule has 0 aromatic heterocycles. The fraction of sp³-hybridized carbons (Fsp3) is 0.333. The van der Waals surface area contributed by atoms with Crippen LogP contribution in [0.15, 0.2) is 12.1 Å². The molecular formula is C9H11Cl2FN2O2S. The van der Waals surface area contributed by atoms with Gasteiger partial charge in [-0.3, -0.25) is 9.11 Å². The van der Waals surface area contributed by atoms with E-state index in [2.05, 4.69) is 4.72 Å². The van der Waals surface area contributed by atoms with Crippen molar-refractivity contribution in [1.29, 1.82) is 0 Å². The molecule has 0 amide bonds. The lowest BCUT2D eigenvalue weighted by Gasteiger charge is -2.11. The van der Waals surface area contributed by atoms with Crippen LogP contribution in [0, 0.1) is 0 Å². The largest absolute Gasteiger partial charge is 0.396 e. The number of anilines is 2. The fourth-order valence-corrected chi connectivity index (χ4v) is 2.68. The molecule has 1 aromatic carbocycles. The molecule has 0 saturated heterocycles. The highest BCUT2D eigenvalue weighted by Gasteiger charge is 2.14. The van der Waals surface area contributed by atoms with Crippen molar-refractivity contribution in [2.24, 2.45) is 0 Å². The van der Waals surface area contributed by atoms with Crippen LogP contribution in [0.5, 0.6) is 0 Å². The van der Waals surface area contributed by atoms with E-state index in [0.717, 1.165) is 0 Å². The smallest absolute Gasteiger partial charge is 0.232 e. The lowest BCUT2D eigenvalue weighted by molar-refractivity contribution is 0.484. The summed E-state index contributed by atoms with van der Waals surface area (Å²) in [5.74, 6) is -0.317. The van der Waals surface area contributed by atoms with E-state index >= 15 is 0 Å². The van der Waals surface area contributed by atoms with Crippen LogP contribution in [0.1, 0.15) is 6.42 Å². The Labute approximate surface area is 109 Å². The van der Waals surface area contributed by atoms with Crippen LogP contribution in [-0.2, 0) is 10.0 Å². The summed E-state index contributed by atoms with van der Waals surface area (Å²) >= 11 is 11.5. The van der Waals surface area contributed by atoms with Gasteiger partial charge in [0.25, 0.3) is 0 Å². The zero-order valence-electron chi connectivity index (χ0n) is 8.71. The van der Waals surface area contributed by atoms with Gasteiger partial charge in [0.15, 0.2) is 0 Å². The molecule has 0 saturated carbocycles. The number of halogens is 3. The molecule has 8 heteroatoms. The zero-order chi connectivity index (χ0) is 13.1. The summed E-state index contributed by atoms with van der Waals surface area (Å²) in [5, 5.41) is 0.267. The minimum Gasteiger partial charge on any atom is -0.396 e. The first kappa shape index (κ1) is 14.3. The Bertz CT molecular complexity index is 508. The molecule has 17 heavy (non-hydrogen) atoms. The molecule has 0 spiro atoms. The van der Waals surface area contributed by atoms with Crippen molar-refractivity contribution in [2.45, 2.75) is 6.42 Å². The van der Waals surface area contributed by atoms with E-state index in [9.17, 15) is 12.8 Å². The van der Waals surface area contributed by atoms with Crippen LogP contribution in [0.3, 0.4) is 0 Å². The average Bonchev–Trinajstić information content (AvgIpc) is 2.27. The van der Waals surface area contributed by atoms with Crippen molar-refractivity contribution in [1.82, 2.24) is 0 Å². The van der Waals surface area contributed by atoms with E-state index in [-0.39, 0.29) is 33.6 Å². The van der Waals surface area contributed by atoms with Gasteiger partial charge in [0, 0.05) is 0 Å². The van der Waals surface area contributed by atoms with Gasteiger partial charge in [-0.25, -0.2) is 8.42 Å². The van der Waals surface area contributed by atoms with Crippen molar-refractivity contribution in [2.75, 3.05) is 22.9 Å². The van der Waals surface area contributed by atoms with E-state index in [0.29, 0.717) is 0 Å². The van der Waals surface area contributed by atoms with Gasteiger partial charge in [-0.1, -0.05) is 23.2 Å². The summed E-state index contributed by atoms with van der Waals surface area (Å²) in [4.78, 5) is 0. The molecule has 0 aliphatic heterocycles. The molecule has 4 nitrogen and oxygen atoms in total. The van der Waals surface area contributed by atoms with Crippen LogP contribution < -0.4 is 10.5 Å². The fourth-order valence-electron chi connectivity index (χ4n) is 1.11. The highest BCUT2D eigenvalue weighted by atomic mass is 35.5. The topological polar surface area (TPSA) is 72.2 Å². The first-order valence-electron chi connectivity index (χ1n) is 4.67. The third kappa shape index (κ3) is 3.90. The van der Waals surface area contributed by atoms with Crippen LogP contribution in [-0.4, -0.2) is 20.8 Å². The summed E-state index contributed by atoms with van der Waals surface area (Å²) in [6.07, 6.45) is -0.0734. The lowest BCUT2D eigenvalue weighted by Crippen LogP contribution is -2.17. The number of rotatable bonds is 5. The Morgan fingerprint density at radius 3 is 2.59 bits per heavy atom. The standard InChI is InChI=1S/C9H11Cl2FN2O2S/c10-6-2-3-7(8(11)9(6)13)14-17(15,16)5-1-4-12/h2-3,14H,1,4-5,13H2. The van der Waals surface area contributed by atoms with E-state index in [1.54, 1.807) is 0 Å².